The number of aliphatic hydroxyl groups is 1. The van der Waals surface area contributed by atoms with Crippen LogP contribution in [0.5, 0.6) is 0 Å². The number of ether oxygens (including phenoxy) is 2. The summed E-state index contributed by atoms with van der Waals surface area (Å²) in [7, 11) is 1.72. The highest BCUT2D eigenvalue weighted by Gasteiger charge is 2.25. The lowest BCUT2D eigenvalue weighted by Gasteiger charge is -2.37. The molecule has 7 heteroatoms. The van der Waals surface area contributed by atoms with Gasteiger partial charge in [-0.2, -0.15) is 0 Å². The number of unbranched alkanes of at least 4 members (excludes halogenated alkanes) is 1. The quantitative estimate of drug-likeness (QED) is 0.334. The van der Waals surface area contributed by atoms with Crippen LogP contribution in [0.2, 0.25) is 0 Å². The van der Waals surface area contributed by atoms with Gasteiger partial charge in [0, 0.05) is 64.0 Å². The molecule has 0 amide bonds. The van der Waals surface area contributed by atoms with E-state index in [-0.39, 0.29) is 0 Å². The third kappa shape index (κ3) is 7.84. The number of benzene rings is 2. The molecule has 0 bridgehead atoms. The zero-order valence-electron chi connectivity index (χ0n) is 23.1. The van der Waals surface area contributed by atoms with Gasteiger partial charge in [0.1, 0.15) is 5.82 Å². The lowest BCUT2D eigenvalue weighted by atomic mass is 10.0. The smallest absolute Gasteiger partial charge is 0.161 e. The van der Waals surface area contributed by atoms with E-state index < -0.39 is 6.10 Å². The maximum Gasteiger partial charge on any atom is 0.161 e. The molecule has 3 aromatic rings. The Kier molecular flexibility index (Phi) is 10.6. The number of hydrogen-bond donors (Lipinski definition) is 1. The first-order chi connectivity index (χ1) is 18.6. The van der Waals surface area contributed by atoms with Crippen LogP contribution < -0.4 is 4.90 Å². The Balaban J connectivity index is 1.56. The third-order valence-electron chi connectivity index (χ3n) is 6.98. The van der Waals surface area contributed by atoms with Crippen molar-refractivity contribution in [1.29, 1.82) is 0 Å². The van der Waals surface area contributed by atoms with E-state index >= 15 is 0 Å². The third-order valence-corrected chi connectivity index (χ3v) is 6.98. The van der Waals surface area contributed by atoms with Crippen LogP contribution in [0.3, 0.4) is 0 Å². The van der Waals surface area contributed by atoms with E-state index in [1.807, 2.05) is 18.2 Å². The lowest BCUT2D eigenvalue weighted by Crippen LogP contribution is -2.49. The van der Waals surface area contributed by atoms with Crippen LogP contribution in [-0.4, -0.2) is 79.1 Å². The molecule has 0 radical (unpaired) electrons. The molecule has 38 heavy (non-hydrogen) atoms. The SMILES string of the molecule is CCCCOC[C@@H](O)CN1CCN(c2nc(-c3ccccc3)nc(COC)c2Cc2ccc(C)cc2)CC1. The first kappa shape index (κ1) is 28.2. The van der Waals surface area contributed by atoms with E-state index in [1.165, 1.54) is 11.1 Å². The van der Waals surface area contributed by atoms with Crippen LogP contribution in [0, 0.1) is 6.92 Å². The first-order valence-corrected chi connectivity index (χ1v) is 13.8. The summed E-state index contributed by atoms with van der Waals surface area (Å²) in [6.45, 7) is 9.82. The summed E-state index contributed by atoms with van der Waals surface area (Å²) in [6, 6.07) is 18.8. The van der Waals surface area contributed by atoms with E-state index in [4.69, 9.17) is 19.4 Å². The topological polar surface area (TPSA) is 71.0 Å². The van der Waals surface area contributed by atoms with Crippen molar-refractivity contribution in [2.24, 2.45) is 0 Å². The fourth-order valence-corrected chi connectivity index (χ4v) is 4.80. The number of aromatic nitrogens is 2. The van der Waals surface area contributed by atoms with Crippen LogP contribution in [0.25, 0.3) is 11.4 Å². The second kappa shape index (κ2) is 14.4. The van der Waals surface area contributed by atoms with Gasteiger partial charge in [-0.3, -0.25) is 4.90 Å². The van der Waals surface area contributed by atoms with Gasteiger partial charge in [-0.1, -0.05) is 73.5 Å². The summed E-state index contributed by atoms with van der Waals surface area (Å²) < 4.78 is 11.2. The Labute approximate surface area is 227 Å². The fraction of sp³-hybridized carbons (Fsp3) is 0.484. The zero-order valence-corrected chi connectivity index (χ0v) is 23.1. The number of hydrogen-bond acceptors (Lipinski definition) is 7. The van der Waals surface area contributed by atoms with Crippen LogP contribution in [0.4, 0.5) is 5.82 Å². The van der Waals surface area contributed by atoms with Gasteiger partial charge in [0.05, 0.1) is 25.0 Å². The molecule has 1 fully saturated rings. The van der Waals surface area contributed by atoms with Gasteiger partial charge in [-0.15, -0.1) is 0 Å². The molecule has 1 aliphatic heterocycles. The van der Waals surface area contributed by atoms with E-state index in [0.29, 0.717) is 26.4 Å². The van der Waals surface area contributed by atoms with Crippen LogP contribution in [0.1, 0.15) is 42.1 Å². The largest absolute Gasteiger partial charge is 0.389 e. The molecule has 2 heterocycles. The molecule has 7 nitrogen and oxygen atoms in total. The van der Waals surface area contributed by atoms with Crippen molar-refractivity contribution in [3.63, 3.8) is 0 Å². The van der Waals surface area contributed by atoms with Crippen molar-refractivity contribution in [2.45, 2.75) is 45.8 Å². The number of aryl methyl sites for hydroxylation is 1. The fourth-order valence-electron chi connectivity index (χ4n) is 4.80. The highest BCUT2D eigenvalue weighted by Crippen LogP contribution is 2.29. The molecule has 1 aliphatic rings. The summed E-state index contributed by atoms with van der Waals surface area (Å²) in [5, 5.41) is 10.5. The van der Waals surface area contributed by atoms with Gasteiger partial charge in [0.15, 0.2) is 5.82 Å². The predicted octanol–water partition coefficient (Wildman–Crippen LogP) is 4.49. The summed E-state index contributed by atoms with van der Waals surface area (Å²) in [4.78, 5) is 14.8. The standard InChI is InChI=1S/C31H42N4O3/c1-4-5-19-38-22-27(36)21-34-15-17-35(18-16-34)31-28(20-25-13-11-24(2)12-14-25)29(23-37-3)32-30(33-31)26-9-7-6-8-10-26/h6-14,27,36H,4-5,15-23H2,1-3H3/t27-/m0/s1. The second-order valence-electron chi connectivity index (χ2n) is 10.1. The predicted molar refractivity (Wildman–Crippen MR) is 153 cm³/mol. The van der Waals surface area contributed by atoms with Gasteiger partial charge in [-0.05, 0) is 18.9 Å². The average Bonchev–Trinajstić information content (AvgIpc) is 2.94. The van der Waals surface area contributed by atoms with Gasteiger partial charge < -0.3 is 19.5 Å². The van der Waals surface area contributed by atoms with Crippen LogP contribution >= 0.6 is 0 Å². The van der Waals surface area contributed by atoms with Gasteiger partial charge in [0.25, 0.3) is 0 Å². The molecule has 0 aliphatic carbocycles. The van der Waals surface area contributed by atoms with E-state index in [9.17, 15) is 5.11 Å². The summed E-state index contributed by atoms with van der Waals surface area (Å²) in [5.41, 5.74) is 5.52. The van der Waals surface area contributed by atoms with Crippen LogP contribution in [0.15, 0.2) is 54.6 Å². The van der Waals surface area contributed by atoms with Crippen molar-refractivity contribution in [3.05, 3.63) is 77.0 Å². The van der Waals surface area contributed by atoms with Gasteiger partial charge in [-0.25, -0.2) is 9.97 Å². The maximum absolute atomic E-state index is 10.5. The number of β-amino-alcohol motifs (C(OH)–C–C–N with tert-alkyl or cyclic N) is 1. The Morgan fingerprint density at radius 2 is 1.71 bits per heavy atom. The maximum atomic E-state index is 10.5. The highest BCUT2D eigenvalue weighted by atomic mass is 16.5. The Morgan fingerprint density at radius 3 is 2.39 bits per heavy atom. The van der Waals surface area contributed by atoms with E-state index in [1.54, 1.807) is 7.11 Å². The Hall–Kier alpha value is -2.84. The molecule has 0 saturated carbocycles. The molecule has 1 N–H and O–H groups in total. The van der Waals surface area contributed by atoms with Crippen molar-refractivity contribution >= 4 is 5.82 Å². The lowest BCUT2D eigenvalue weighted by molar-refractivity contribution is 0.0150. The molecular formula is C31H42N4O3. The number of anilines is 1. The summed E-state index contributed by atoms with van der Waals surface area (Å²) in [5.74, 6) is 1.71. The number of methoxy groups -OCH3 is 1. The monoisotopic (exact) mass is 518 g/mol. The molecule has 0 unspecified atom stereocenters. The molecule has 1 atom stereocenters. The minimum Gasteiger partial charge on any atom is -0.389 e. The van der Waals surface area contributed by atoms with Crippen LogP contribution in [-0.2, 0) is 22.5 Å². The van der Waals surface area contributed by atoms with Crippen molar-refractivity contribution < 1.29 is 14.6 Å². The molecule has 1 aromatic heterocycles. The molecule has 0 spiro atoms. The molecule has 1 saturated heterocycles. The summed E-state index contributed by atoms with van der Waals surface area (Å²) >= 11 is 0. The van der Waals surface area contributed by atoms with Crippen molar-refractivity contribution in [3.8, 4) is 11.4 Å². The van der Waals surface area contributed by atoms with Crippen molar-refractivity contribution in [1.82, 2.24) is 14.9 Å². The Morgan fingerprint density at radius 1 is 0.974 bits per heavy atom. The normalized spacial score (nSPS) is 15.1. The minimum atomic E-state index is -0.465. The highest BCUT2D eigenvalue weighted by molar-refractivity contribution is 5.61. The van der Waals surface area contributed by atoms with E-state index in [0.717, 1.165) is 73.9 Å². The number of aliphatic hydroxyl groups excluding tert-OH is 1. The molecule has 2 aromatic carbocycles. The van der Waals surface area contributed by atoms with Gasteiger partial charge >= 0.3 is 0 Å². The van der Waals surface area contributed by atoms with Crippen molar-refractivity contribution in [2.75, 3.05) is 57.9 Å². The Bertz CT molecular complexity index is 1120. The zero-order chi connectivity index (χ0) is 26.7. The summed E-state index contributed by atoms with van der Waals surface area (Å²) in [6.07, 6.45) is 2.42. The molecule has 204 valence electrons. The molecule has 4 rings (SSSR count). The number of nitrogens with zero attached hydrogens (tertiary/aromatic N) is 4. The first-order valence-electron chi connectivity index (χ1n) is 13.8. The number of rotatable bonds is 13. The average molecular weight is 519 g/mol. The molecular weight excluding hydrogens is 476 g/mol. The van der Waals surface area contributed by atoms with Gasteiger partial charge in [0.2, 0.25) is 0 Å². The van der Waals surface area contributed by atoms with E-state index in [2.05, 4.69) is 60.0 Å². The number of piperazine rings is 1. The minimum absolute atomic E-state index is 0.396. The second-order valence-corrected chi connectivity index (χ2v) is 10.1.